The number of likely N-dealkylation sites (N-methyl/N-ethyl adjacent to an activating group) is 2. The molecular weight excluding hydrogens is 280 g/mol. The Hall–Kier alpha value is -1.14. The maximum Gasteiger partial charge on any atom is 0.226 e. The number of nitrogens with two attached hydrogens (primary N) is 1. The van der Waals surface area contributed by atoms with E-state index >= 15 is 0 Å². The van der Waals surface area contributed by atoms with E-state index in [1.54, 1.807) is 13.3 Å². The zero-order valence-electron chi connectivity index (χ0n) is 14.4. The number of carbonyl (C=O) groups is 2. The maximum absolute atomic E-state index is 12.1. The van der Waals surface area contributed by atoms with Crippen molar-refractivity contribution < 1.29 is 9.59 Å². The summed E-state index contributed by atoms with van der Waals surface area (Å²) in [6, 6.07) is 0.550. The Morgan fingerprint density at radius 2 is 1.82 bits per heavy atom. The first-order chi connectivity index (χ1) is 10.3. The van der Waals surface area contributed by atoms with Crippen LogP contribution < -0.4 is 5.73 Å². The number of amides is 2. The van der Waals surface area contributed by atoms with E-state index in [1.807, 2.05) is 4.90 Å². The fourth-order valence-electron chi connectivity index (χ4n) is 2.59. The number of primary amides is 1. The highest BCUT2D eigenvalue weighted by molar-refractivity contribution is 5.86. The van der Waals surface area contributed by atoms with E-state index in [-0.39, 0.29) is 17.7 Å². The summed E-state index contributed by atoms with van der Waals surface area (Å²) in [7, 11) is 6.32. The minimum atomic E-state index is -0.356. The molecule has 0 aromatic rings. The molecule has 1 radical (unpaired) electrons. The molecule has 1 heterocycles. The highest BCUT2D eigenvalue weighted by Gasteiger charge is 2.25. The average molecular weight is 311 g/mol. The Labute approximate surface area is 134 Å². The molecule has 6 nitrogen and oxygen atoms in total. The van der Waals surface area contributed by atoms with Crippen LogP contribution in [-0.4, -0.2) is 79.9 Å². The van der Waals surface area contributed by atoms with E-state index in [9.17, 15) is 9.59 Å². The minimum Gasteiger partial charge on any atom is -0.369 e. The summed E-state index contributed by atoms with van der Waals surface area (Å²) >= 11 is 0. The van der Waals surface area contributed by atoms with Gasteiger partial charge in [0.1, 0.15) is 0 Å². The molecule has 2 amide bonds. The van der Waals surface area contributed by atoms with E-state index in [0.29, 0.717) is 12.5 Å². The van der Waals surface area contributed by atoms with Gasteiger partial charge in [0.2, 0.25) is 11.8 Å². The first kappa shape index (κ1) is 18.9. The summed E-state index contributed by atoms with van der Waals surface area (Å²) in [4.78, 5) is 29.6. The van der Waals surface area contributed by atoms with Crippen molar-refractivity contribution in [2.24, 2.45) is 11.7 Å². The van der Waals surface area contributed by atoms with Crippen LogP contribution in [0.25, 0.3) is 0 Å². The minimum absolute atomic E-state index is 0.0301. The second kappa shape index (κ2) is 9.10. The van der Waals surface area contributed by atoms with E-state index < -0.39 is 0 Å². The Kier molecular flexibility index (Phi) is 7.82. The zero-order valence-corrected chi connectivity index (χ0v) is 14.4. The Bertz CT molecular complexity index is 365. The van der Waals surface area contributed by atoms with Crippen LogP contribution in [0.5, 0.6) is 0 Å². The predicted molar refractivity (Wildman–Crippen MR) is 88.1 cm³/mol. The smallest absolute Gasteiger partial charge is 0.226 e. The van der Waals surface area contributed by atoms with Crippen molar-refractivity contribution in [2.75, 3.05) is 47.3 Å². The van der Waals surface area contributed by atoms with Crippen LogP contribution >= 0.6 is 0 Å². The molecule has 127 valence electrons. The second-order valence-electron chi connectivity index (χ2n) is 6.58. The second-order valence-corrected chi connectivity index (χ2v) is 6.58. The van der Waals surface area contributed by atoms with Crippen molar-refractivity contribution in [3.63, 3.8) is 0 Å². The normalized spacial score (nSPS) is 18.0. The quantitative estimate of drug-likeness (QED) is 0.694. The van der Waals surface area contributed by atoms with Gasteiger partial charge in [-0.3, -0.25) is 9.59 Å². The van der Waals surface area contributed by atoms with Crippen LogP contribution in [0.1, 0.15) is 26.2 Å². The van der Waals surface area contributed by atoms with Crippen molar-refractivity contribution >= 4 is 11.8 Å². The fourth-order valence-corrected chi connectivity index (χ4v) is 2.59. The largest absolute Gasteiger partial charge is 0.369 e. The number of carbonyl (C=O) groups excluding carboxylic acids is 2. The summed E-state index contributed by atoms with van der Waals surface area (Å²) in [5.74, 6) is -0.605. The van der Waals surface area contributed by atoms with Gasteiger partial charge in [0.05, 0.1) is 6.42 Å². The van der Waals surface area contributed by atoms with Gasteiger partial charge in [0.15, 0.2) is 0 Å². The molecule has 0 saturated carbocycles. The first-order valence-electron chi connectivity index (χ1n) is 8.07. The number of hydrogen-bond acceptors (Lipinski definition) is 4. The van der Waals surface area contributed by atoms with Crippen LogP contribution in [0.2, 0.25) is 0 Å². The molecule has 1 aliphatic rings. The molecule has 0 spiro atoms. The van der Waals surface area contributed by atoms with E-state index in [4.69, 9.17) is 5.73 Å². The third-order valence-corrected chi connectivity index (χ3v) is 4.43. The van der Waals surface area contributed by atoms with Gasteiger partial charge in [-0.15, -0.1) is 0 Å². The summed E-state index contributed by atoms with van der Waals surface area (Å²) in [6.07, 6.45) is 4.05. The zero-order chi connectivity index (χ0) is 16.7. The molecule has 1 rings (SSSR count). The first-order valence-corrected chi connectivity index (χ1v) is 8.07. The lowest BCUT2D eigenvalue weighted by Crippen LogP contribution is -2.47. The third-order valence-electron chi connectivity index (χ3n) is 4.43. The monoisotopic (exact) mass is 311 g/mol. The maximum atomic E-state index is 12.1. The molecule has 0 aromatic heterocycles. The lowest BCUT2D eigenvalue weighted by molar-refractivity contribution is -0.129. The SMILES string of the molecule is C[C@@H](C[CH]C(=O)N1CCC(N(C)CCN(C)C)CC1)C(N)=O. The van der Waals surface area contributed by atoms with Crippen molar-refractivity contribution in [1.29, 1.82) is 0 Å². The van der Waals surface area contributed by atoms with Gasteiger partial charge >= 0.3 is 0 Å². The van der Waals surface area contributed by atoms with Gasteiger partial charge in [-0.1, -0.05) is 6.92 Å². The fraction of sp³-hybridized carbons (Fsp3) is 0.812. The molecule has 0 aliphatic carbocycles. The van der Waals surface area contributed by atoms with Crippen molar-refractivity contribution in [3.8, 4) is 0 Å². The molecule has 0 bridgehead atoms. The lowest BCUT2D eigenvalue weighted by Gasteiger charge is -2.37. The van der Waals surface area contributed by atoms with Crippen LogP contribution in [0.4, 0.5) is 0 Å². The number of rotatable bonds is 8. The number of piperidine rings is 1. The molecule has 1 aliphatic heterocycles. The van der Waals surface area contributed by atoms with Crippen LogP contribution in [0.15, 0.2) is 0 Å². The van der Waals surface area contributed by atoms with Gasteiger partial charge in [0.25, 0.3) is 0 Å². The topological polar surface area (TPSA) is 69.9 Å². The molecule has 22 heavy (non-hydrogen) atoms. The Morgan fingerprint density at radius 1 is 1.23 bits per heavy atom. The van der Waals surface area contributed by atoms with Crippen molar-refractivity contribution in [1.82, 2.24) is 14.7 Å². The third kappa shape index (κ3) is 6.32. The lowest BCUT2D eigenvalue weighted by atomic mass is 10.0. The van der Waals surface area contributed by atoms with Crippen molar-refractivity contribution in [2.45, 2.75) is 32.2 Å². The molecule has 1 atom stereocenters. The van der Waals surface area contributed by atoms with E-state index in [1.165, 1.54) is 0 Å². The average Bonchev–Trinajstić information content (AvgIpc) is 2.49. The summed E-state index contributed by atoms with van der Waals surface area (Å²) in [6.45, 7) is 5.43. The van der Waals surface area contributed by atoms with Crippen LogP contribution in [-0.2, 0) is 9.59 Å². The molecule has 0 aromatic carbocycles. The van der Waals surface area contributed by atoms with Gasteiger partial charge in [-0.05, 0) is 40.4 Å². The summed E-state index contributed by atoms with van der Waals surface area (Å²) in [5.41, 5.74) is 5.21. The van der Waals surface area contributed by atoms with Crippen molar-refractivity contribution in [3.05, 3.63) is 6.42 Å². The Balaban J connectivity index is 2.29. The standard InChI is InChI=1S/C16H31N4O2/c1-13(16(17)22)5-6-15(21)20-9-7-14(8-10-20)19(4)12-11-18(2)3/h6,13-14H,5,7-12H2,1-4H3,(H2,17,22)/t13-/m0/s1. The molecule has 2 N–H and O–H groups in total. The molecule has 6 heteroatoms. The molecule has 1 saturated heterocycles. The van der Waals surface area contributed by atoms with Crippen LogP contribution in [0.3, 0.4) is 0 Å². The summed E-state index contributed by atoms with van der Waals surface area (Å²) < 4.78 is 0. The van der Waals surface area contributed by atoms with E-state index in [0.717, 1.165) is 39.0 Å². The molecule has 0 unspecified atom stereocenters. The Morgan fingerprint density at radius 3 is 2.32 bits per heavy atom. The highest BCUT2D eigenvalue weighted by atomic mass is 16.2. The number of likely N-dealkylation sites (tertiary alicyclic amines) is 1. The summed E-state index contributed by atoms with van der Waals surface area (Å²) in [5, 5.41) is 0. The highest BCUT2D eigenvalue weighted by Crippen LogP contribution is 2.17. The van der Waals surface area contributed by atoms with Gasteiger partial charge in [-0.2, -0.15) is 0 Å². The van der Waals surface area contributed by atoms with Crippen LogP contribution in [0, 0.1) is 12.3 Å². The predicted octanol–water partition coefficient (Wildman–Crippen LogP) is 0.187. The van der Waals surface area contributed by atoms with Gasteiger partial charge in [-0.25, -0.2) is 0 Å². The molecular formula is C16H31N4O2. The van der Waals surface area contributed by atoms with Gasteiger partial charge in [0, 0.05) is 38.1 Å². The van der Waals surface area contributed by atoms with E-state index in [2.05, 4.69) is 30.9 Å². The number of hydrogen-bond donors (Lipinski definition) is 1. The number of nitrogens with zero attached hydrogens (tertiary/aromatic N) is 3. The molecule has 1 fully saturated rings. The van der Waals surface area contributed by atoms with Gasteiger partial charge < -0.3 is 20.4 Å².